The van der Waals surface area contributed by atoms with Crippen molar-refractivity contribution in [3.8, 4) is 22.4 Å². The molecule has 0 bridgehead atoms. The summed E-state index contributed by atoms with van der Waals surface area (Å²) in [5, 5.41) is 21.7. The third-order valence-corrected chi connectivity index (χ3v) is 8.42. The Morgan fingerprint density at radius 3 is 2.24 bits per heavy atom. The number of benzene rings is 2. The van der Waals surface area contributed by atoms with Crippen LogP contribution >= 0.6 is 11.8 Å². The first-order chi connectivity index (χ1) is 18.5. The van der Waals surface area contributed by atoms with Crippen LogP contribution in [0.15, 0.2) is 67.0 Å². The molecule has 0 saturated carbocycles. The van der Waals surface area contributed by atoms with Gasteiger partial charge in [-0.25, -0.2) is 14.9 Å². The van der Waals surface area contributed by atoms with E-state index in [-0.39, 0.29) is 0 Å². The van der Waals surface area contributed by atoms with Gasteiger partial charge in [-0.05, 0) is 30.8 Å². The molecule has 0 aliphatic carbocycles. The van der Waals surface area contributed by atoms with E-state index >= 15 is 0 Å². The van der Waals surface area contributed by atoms with Crippen molar-refractivity contribution in [3.63, 3.8) is 0 Å². The van der Waals surface area contributed by atoms with E-state index < -0.39 is 5.91 Å². The lowest BCUT2D eigenvalue weighted by Crippen LogP contribution is -2.49. The Morgan fingerprint density at radius 1 is 0.789 bits per heavy atom. The minimum atomic E-state index is -1.98. The molecule has 2 aliphatic heterocycles. The van der Waals surface area contributed by atoms with Crippen LogP contribution in [-0.4, -0.2) is 92.8 Å². The van der Waals surface area contributed by atoms with Crippen molar-refractivity contribution in [2.24, 2.45) is 0 Å². The molecular weight excluding hydrogens is 496 g/mol. The molecule has 9 heteroatoms. The van der Waals surface area contributed by atoms with Gasteiger partial charge in [-0.15, -0.1) is 0 Å². The first kappa shape index (κ1) is 25.2. The van der Waals surface area contributed by atoms with Gasteiger partial charge < -0.3 is 20.0 Å². The second kappa shape index (κ2) is 10.6. The van der Waals surface area contributed by atoms with Gasteiger partial charge in [0.15, 0.2) is 0 Å². The third-order valence-electron chi connectivity index (χ3n) is 7.48. The maximum Gasteiger partial charge on any atom is 0.253 e. The normalized spacial score (nSPS) is 17.7. The minimum Gasteiger partial charge on any atom is -0.354 e. The molecule has 0 spiro atoms. The van der Waals surface area contributed by atoms with Crippen LogP contribution in [0.25, 0.3) is 33.4 Å². The zero-order valence-electron chi connectivity index (χ0n) is 21.5. The number of nitrogens with zero attached hydrogens (tertiary/aromatic N) is 6. The van der Waals surface area contributed by atoms with Crippen molar-refractivity contribution in [2.75, 3.05) is 62.7 Å². The molecule has 2 aromatic carbocycles. The topological polar surface area (TPSA) is 88.9 Å². The molecule has 196 valence electrons. The molecule has 2 fully saturated rings. The summed E-state index contributed by atoms with van der Waals surface area (Å²) < 4.78 is 0. The van der Waals surface area contributed by atoms with Gasteiger partial charge in [-0.2, -0.15) is 11.8 Å². The summed E-state index contributed by atoms with van der Waals surface area (Å²) >= 11 is 1.83. The molecule has 4 heterocycles. The van der Waals surface area contributed by atoms with Crippen molar-refractivity contribution in [2.45, 2.75) is 5.91 Å². The molecule has 2 aromatic heterocycles. The van der Waals surface area contributed by atoms with Crippen molar-refractivity contribution in [3.05, 3.63) is 72.6 Å². The number of pyridine rings is 1. The lowest BCUT2D eigenvalue weighted by atomic mass is 10.0. The van der Waals surface area contributed by atoms with Crippen LogP contribution in [0.4, 0.5) is 5.82 Å². The van der Waals surface area contributed by atoms with E-state index in [1.165, 1.54) is 0 Å². The van der Waals surface area contributed by atoms with E-state index in [2.05, 4.69) is 34.0 Å². The van der Waals surface area contributed by atoms with Gasteiger partial charge in [0.2, 0.25) is 0 Å². The fourth-order valence-electron chi connectivity index (χ4n) is 5.10. The van der Waals surface area contributed by atoms with Gasteiger partial charge in [-0.3, -0.25) is 4.98 Å². The third kappa shape index (κ3) is 5.00. The zero-order chi connectivity index (χ0) is 26.1. The molecule has 0 unspecified atom stereocenters. The Balaban J connectivity index is 1.28. The van der Waals surface area contributed by atoms with Gasteiger partial charge in [0.25, 0.3) is 5.91 Å². The Bertz CT molecular complexity index is 1400. The number of aromatic nitrogens is 3. The fourth-order valence-corrected chi connectivity index (χ4v) is 6.00. The van der Waals surface area contributed by atoms with Crippen molar-refractivity contribution >= 4 is 28.6 Å². The predicted octanol–water partition coefficient (Wildman–Crippen LogP) is 3.25. The Labute approximate surface area is 227 Å². The van der Waals surface area contributed by atoms with Crippen LogP contribution in [-0.2, 0) is 5.91 Å². The Hall–Kier alpha value is -3.08. The largest absolute Gasteiger partial charge is 0.354 e. The average molecular weight is 529 g/mol. The molecule has 0 amide bonds. The highest BCUT2D eigenvalue weighted by atomic mass is 32.2. The molecule has 2 aliphatic rings. The van der Waals surface area contributed by atoms with Crippen LogP contribution in [0.1, 0.15) is 5.56 Å². The molecular formula is C29H32N6O2S. The molecule has 4 aromatic rings. The lowest BCUT2D eigenvalue weighted by Gasteiger charge is -2.37. The van der Waals surface area contributed by atoms with Crippen LogP contribution in [0.5, 0.6) is 0 Å². The monoisotopic (exact) mass is 528 g/mol. The lowest BCUT2D eigenvalue weighted by molar-refractivity contribution is -0.273. The first-order valence-corrected chi connectivity index (χ1v) is 14.2. The number of likely N-dealkylation sites (N-methyl/N-ethyl adjacent to an activating group) is 1. The summed E-state index contributed by atoms with van der Waals surface area (Å²) in [6.07, 6.45) is 3.67. The number of para-hydroxylation sites is 1. The fraction of sp³-hybridized carbons (Fsp3) is 0.345. The molecule has 8 nitrogen and oxygen atoms in total. The quantitative estimate of drug-likeness (QED) is 0.379. The summed E-state index contributed by atoms with van der Waals surface area (Å²) in [5.41, 5.74) is 5.65. The van der Waals surface area contributed by atoms with Crippen LogP contribution in [0, 0.1) is 0 Å². The number of hydrogen-bond acceptors (Lipinski definition) is 9. The van der Waals surface area contributed by atoms with Crippen molar-refractivity contribution < 1.29 is 10.2 Å². The summed E-state index contributed by atoms with van der Waals surface area (Å²) in [6.45, 7) is 5.33. The summed E-state index contributed by atoms with van der Waals surface area (Å²) in [4.78, 5) is 20.8. The number of piperazine rings is 1. The standard InChI is InChI=1S/C29H32N6O2S/c1-33-11-13-34(14-12-33)27-10-7-22(19-31-27)26-20-30-25-4-2-3-24(28(25)32-26)21-5-8-23(9-6-21)29(36,37)35-15-17-38-18-16-35/h2-10,19-20,36-37H,11-18H2,1H3. The van der Waals surface area contributed by atoms with E-state index in [0.717, 1.165) is 76.9 Å². The van der Waals surface area contributed by atoms with E-state index in [4.69, 9.17) is 9.97 Å². The highest BCUT2D eigenvalue weighted by Gasteiger charge is 2.34. The van der Waals surface area contributed by atoms with Crippen LogP contribution < -0.4 is 4.90 Å². The highest BCUT2D eigenvalue weighted by Crippen LogP contribution is 2.32. The van der Waals surface area contributed by atoms with Gasteiger partial charge in [0, 0.05) is 73.7 Å². The number of fused-ring (bicyclic) bond motifs is 1. The highest BCUT2D eigenvalue weighted by molar-refractivity contribution is 7.99. The van der Waals surface area contributed by atoms with Crippen LogP contribution in [0.3, 0.4) is 0 Å². The Morgan fingerprint density at radius 2 is 1.53 bits per heavy atom. The first-order valence-electron chi connectivity index (χ1n) is 13.0. The summed E-state index contributed by atoms with van der Waals surface area (Å²) in [5.74, 6) is 0.802. The summed E-state index contributed by atoms with van der Waals surface area (Å²) in [7, 11) is 2.15. The number of hydrogen-bond donors (Lipinski definition) is 2. The Kier molecular flexibility index (Phi) is 7.03. The smallest absolute Gasteiger partial charge is 0.253 e. The minimum absolute atomic E-state index is 0.465. The van der Waals surface area contributed by atoms with Gasteiger partial charge in [-0.1, -0.05) is 36.4 Å². The van der Waals surface area contributed by atoms with E-state index in [1.807, 2.05) is 48.3 Å². The van der Waals surface area contributed by atoms with E-state index in [9.17, 15) is 10.2 Å². The van der Waals surface area contributed by atoms with Crippen molar-refractivity contribution in [1.29, 1.82) is 0 Å². The molecule has 38 heavy (non-hydrogen) atoms. The second-order valence-corrected chi connectivity index (χ2v) is 11.2. The van der Waals surface area contributed by atoms with E-state index in [0.29, 0.717) is 18.7 Å². The molecule has 0 radical (unpaired) electrons. The second-order valence-electron chi connectivity index (χ2n) is 9.94. The SMILES string of the molecule is CN1CCN(c2ccc(-c3cnc4cccc(-c5ccc(C(O)(O)N6CCSCC6)cc5)c4n3)cn2)CC1. The number of thioether (sulfide) groups is 1. The van der Waals surface area contributed by atoms with Crippen molar-refractivity contribution in [1.82, 2.24) is 24.8 Å². The summed E-state index contributed by atoms with van der Waals surface area (Å²) in [6, 6.07) is 17.5. The van der Waals surface area contributed by atoms with Gasteiger partial charge in [0.05, 0.1) is 22.9 Å². The molecule has 2 saturated heterocycles. The molecule has 0 atom stereocenters. The predicted molar refractivity (Wildman–Crippen MR) is 153 cm³/mol. The van der Waals surface area contributed by atoms with Gasteiger partial charge >= 0.3 is 0 Å². The maximum absolute atomic E-state index is 10.9. The molecule has 6 rings (SSSR count). The number of anilines is 1. The van der Waals surface area contributed by atoms with Crippen LogP contribution in [0.2, 0.25) is 0 Å². The average Bonchev–Trinajstić information content (AvgIpc) is 2.97. The number of rotatable bonds is 5. The molecule has 2 N–H and O–H groups in total. The maximum atomic E-state index is 10.9. The van der Waals surface area contributed by atoms with E-state index in [1.54, 1.807) is 23.2 Å². The van der Waals surface area contributed by atoms with Gasteiger partial charge in [0.1, 0.15) is 5.82 Å². The zero-order valence-corrected chi connectivity index (χ0v) is 22.3. The number of aliphatic hydroxyl groups is 2.